The van der Waals surface area contributed by atoms with Gasteiger partial charge in [0.2, 0.25) is 0 Å². The van der Waals surface area contributed by atoms with Crippen molar-refractivity contribution >= 4 is 41.5 Å². The van der Waals surface area contributed by atoms with Crippen LogP contribution in [0.25, 0.3) is 0 Å². The standard InChI is InChI=1S/C19H32ClN3O3.HI/c1-6-26-18-16(20)10-15(11-17(18)24-5)12-23-19(21-4)22-8-7-9-25-13-14(2)3;/h10-11,14H,6-9,12-13H2,1-5H3,(H2,21,22,23);1H. The molecule has 27 heavy (non-hydrogen) atoms. The lowest BCUT2D eigenvalue weighted by Gasteiger charge is -2.15. The Morgan fingerprint density at radius 1 is 1.26 bits per heavy atom. The summed E-state index contributed by atoms with van der Waals surface area (Å²) in [5.74, 6) is 2.50. The average Bonchev–Trinajstić information content (AvgIpc) is 2.62. The van der Waals surface area contributed by atoms with E-state index < -0.39 is 0 Å². The fourth-order valence-electron chi connectivity index (χ4n) is 2.27. The van der Waals surface area contributed by atoms with Crippen molar-refractivity contribution in [1.29, 1.82) is 0 Å². The van der Waals surface area contributed by atoms with E-state index in [1.165, 1.54) is 0 Å². The smallest absolute Gasteiger partial charge is 0.191 e. The Labute approximate surface area is 185 Å². The van der Waals surface area contributed by atoms with Gasteiger partial charge in [0, 0.05) is 33.4 Å². The Bertz CT molecular complexity index is 571. The van der Waals surface area contributed by atoms with Gasteiger partial charge in [-0.05, 0) is 37.0 Å². The molecule has 0 heterocycles. The highest BCUT2D eigenvalue weighted by molar-refractivity contribution is 14.0. The first-order valence-corrected chi connectivity index (χ1v) is 9.41. The molecule has 6 nitrogen and oxygen atoms in total. The molecule has 0 bridgehead atoms. The number of rotatable bonds is 11. The van der Waals surface area contributed by atoms with Crippen LogP contribution in [-0.4, -0.2) is 46.5 Å². The maximum absolute atomic E-state index is 6.30. The monoisotopic (exact) mass is 513 g/mol. The predicted octanol–water partition coefficient (Wildman–Crippen LogP) is 4.09. The second-order valence-electron chi connectivity index (χ2n) is 6.22. The van der Waals surface area contributed by atoms with Crippen LogP contribution in [0.4, 0.5) is 0 Å². The minimum Gasteiger partial charge on any atom is -0.493 e. The van der Waals surface area contributed by atoms with E-state index in [0.717, 1.165) is 37.7 Å². The molecule has 0 unspecified atom stereocenters. The van der Waals surface area contributed by atoms with Crippen molar-refractivity contribution in [3.8, 4) is 11.5 Å². The highest BCUT2D eigenvalue weighted by Gasteiger charge is 2.11. The van der Waals surface area contributed by atoms with Crippen LogP contribution in [-0.2, 0) is 11.3 Å². The molecule has 0 aliphatic carbocycles. The van der Waals surface area contributed by atoms with Gasteiger partial charge in [0.25, 0.3) is 0 Å². The Balaban J connectivity index is 0.00000676. The number of aliphatic imine (C=N–C) groups is 1. The SMILES string of the molecule is CCOc1c(Cl)cc(CNC(=NC)NCCCOCC(C)C)cc1OC.I. The fourth-order valence-corrected chi connectivity index (χ4v) is 2.55. The van der Waals surface area contributed by atoms with E-state index in [4.69, 9.17) is 25.8 Å². The normalized spacial score (nSPS) is 11.1. The van der Waals surface area contributed by atoms with E-state index >= 15 is 0 Å². The summed E-state index contributed by atoms with van der Waals surface area (Å²) in [5, 5.41) is 7.08. The fraction of sp³-hybridized carbons (Fsp3) is 0.632. The molecule has 8 heteroatoms. The van der Waals surface area contributed by atoms with Crippen LogP contribution < -0.4 is 20.1 Å². The zero-order valence-electron chi connectivity index (χ0n) is 16.9. The predicted molar refractivity (Wildman–Crippen MR) is 123 cm³/mol. The van der Waals surface area contributed by atoms with Crippen molar-refractivity contribution in [2.45, 2.75) is 33.7 Å². The van der Waals surface area contributed by atoms with Crippen molar-refractivity contribution in [2.75, 3.05) is 40.5 Å². The molecular weight excluding hydrogens is 481 g/mol. The number of hydrogen-bond donors (Lipinski definition) is 2. The van der Waals surface area contributed by atoms with Gasteiger partial charge in [-0.3, -0.25) is 4.99 Å². The van der Waals surface area contributed by atoms with Crippen LogP contribution >= 0.6 is 35.6 Å². The van der Waals surface area contributed by atoms with Gasteiger partial charge in [0.05, 0.1) is 18.7 Å². The minimum absolute atomic E-state index is 0. The van der Waals surface area contributed by atoms with Crippen LogP contribution in [0.1, 0.15) is 32.8 Å². The zero-order valence-corrected chi connectivity index (χ0v) is 20.0. The molecule has 2 N–H and O–H groups in total. The van der Waals surface area contributed by atoms with Gasteiger partial charge in [0.1, 0.15) is 0 Å². The number of guanidine groups is 1. The summed E-state index contributed by atoms with van der Waals surface area (Å²) in [7, 11) is 3.35. The third kappa shape index (κ3) is 10.3. The van der Waals surface area contributed by atoms with Gasteiger partial charge in [-0.15, -0.1) is 24.0 Å². The highest BCUT2D eigenvalue weighted by atomic mass is 127. The summed E-state index contributed by atoms with van der Waals surface area (Å²) in [4.78, 5) is 4.23. The molecule has 0 atom stereocenters. The number of hydrogen-bond acceptors (Lipinski definition) is 4. The summed E-state index contributed by atoms with van der Waals surface area (Å²) >= 11 is 6.30. The first-order valence-electron chi connectivity index (χ1n) is 9.03. The van der Waals surface area contributed by atoms with E-state index in [1.54, 1.807) is 14.2 Å². The first-order chi connectivity index (χ1) is 12.5. The molecule has 0 aliphatic rings. The lowest BCUT2D eigenvalue weighted by Crippen LogP contribution is -2.37. The Morgan fingerprint density at radius 3 is 2.59 bits per heavy atom. The second-order valence-corrected chi connectivity index (χ2v) is 6.62. The number of halogens is 2. The minimum atomic E-state index is 0. The largest absolute Gasteiger partial charge is 0.493 e. The summed E-state index contributed by atoms with van der Waals surface area (Å²) in [6.45, 7) is 9.65. The van der Waals surface area contributed by atoms with Crippen LogP contribution in [0.5, 0.6) is 11.5 Å². The van der Waals surface area contributed by atoms with Crippen LogP contribution in [0, 0.1) is 5.92 Å². The van der Waals surface area contributed by atoms with Crippen LogP contribution in [0.2, 0.25) is 5.02 Å². The molecule has 0 saturated heterocycles. The van der Waals surface area contributed by atoms with Gasteiger partial charge < -0.3 is 24.8 Å². The van der Waals surface area contributed by atoms with Crippen LogP contribution in [0.15, 0.2) is 17.1 Å². The Hall–Kier alpha value is -0.930. The molecule has 156 valence electrons. The van der Waals surface area contributed by atoms with Gasteiger partial charge in [-0.2, -0.15) is 0 Å². The summed E-state index contributed by atoms with van der Waals surface area (Å²) in [5.41, 5.74) is 0.985. The summed E-state index contributed by atoms with van der Waals surface area (Å²) in [6.07, 6.45) is 0.927. The summed E-state index contributed by atoms with van der Waals surface area (Å²) in [6, 6.07) is 3.78. The second kappa shape index (κ2) is 15.0. The molecule has 0 saturated carbocycles. The molecule has 0 aliphatic heterocycles. The molecule has 1 aromatic rings. The highest BCUT2D eigenvalue weighted by Crippen LogP contribution is 2.36. The lowest BCUT2D eigenvalue weighted by molar-refractivity contribution is 0.108. The summed E-state index contributed by atoms with van der Waals surface area (Å²) < 4.78 is 16.5. The van der Waals surface area contributed by atoms with E-state index in [-0.39, 0.29) is 24.0 Å². The number of nitrogens with one attached hydrogen (secondary N) is 2. The average molecular weight is 514 g/mol. The molecule has 0 fully saturated rings. The molecule has 1 rings (SSSR count). The third-order valence-electron chi connectivity index (χ3n) is 3.47. The Kier molecular flexibility index (Phi) is 14.5. The quantitative estimate of drug-likeness (QED) is 0.202. The number of methoxy groups -OCH3 is 1. The van der Waals surface area contributed by atoms with Gasteiger partial charge >= 0.3 is 0 Å². The molecule has 0 spiro atoms. The zero-order chi connectivity index (χ0) is 19.4. The topological polar surface area (TPSA) is 64.1 Å². The number of ether oxygens (including phenoxy) is 3. The van der Waals surface area contributed by atoms with Crippen molar-refractivity contribution < 1.29 is 14.2 Å². The van der Waals surface area contributed by atoms with E-state index in [9.17, 15) is 0 Å². The van der Waals surface area contributed by atoms with Crippen molar-refractivity contribution in [3.63, 3.8) is 0 Å². The van der Waals surface area contributed by atoms with Crippen molar-refractivity contribution in [1.82, 2.24) is 10.6 Å². The molecule has 0 amide bonds. The molecule has 0 aromatic heterocycles. The van der Waals surface area contributed by atoms with Crippen molar-refractivity contribution in [2.24, 2.45) is 10.9 Å². The molecular formula is C19H33ClIN3O3. The first kappa shape index (κ1) is 26.1. The third-order valence-corrected chi connectivity index (χ3v) is 3.75. The Morgan fingerprint density at radius 2 is 2.00 bits per heavy atom. The van der Waals surface area contributed by atoms with Crippen molar-refractivity contribution in [3.05, 3.63) is 22.7 Å². The van der Waals surface area contributed by atoms with Gasteiger partial charge in [-0.25, -0.2) is 0 Å². The number of benzene rings is 1. The molecule has 0 radical (unpaired) electrons. The van der Waals surface area contributed by atoms with Crippen LogP contribution in [0.3, 0.4) is 0 Å². The van der Waals surface area contributed by atoms with E-state index in [0.29, 0.717) is 35.6 Å². The van der Waals surface area contributed by atoms with E-state index in [2.05, 4.69) is 29.5 Å². The number of nitrogens with zero attached hydrogens (tertiary/aromatic N) is 1. The maximum atomic E-state index is 6.30. The maximum Gasteiger partial charge on any atom is 0.191 e. The molecule has 1 aromatic carbocycles. The van der Waals surface area contributed by atoms with Gasteiger partial charge in [-0.1, -0.05) is 25.4 Å². The lowest BCUT2D eigenvalue weighted by atomic mass is 10.2. The van der Waals surface area contributed by atoms with Gasteiger partial charge in [0.15, 0.2) is 17.5 Å². The van der Waals surface area contributed by atoms with E-state index in [1.807, 2.05) is 19.1 Å².